The van der Waals surface area contributed by atoms with E-state index in [-0.39, 0.29) is 5.41 Å². The zero-order chi connectivity index (χ0) is 20.6. The summed E-state index contributed by atoms with van der Waals surface area (Å²) < 4.78 is 0. The Morgan fingerprint density at radius 2 is 1.46 bits per heavy atom. The van der Waals surface area contributed by atoms with E-state index < -0.39 is 8.07 Å². The maximum absolute atomic E-state index is 11.5. The highest BCUT2D eigenvalue weighted by molar-refractivity contribution is 8.02. The number of benzene rings is 1. The highest BCUT2D eigenvalue weighted by atomic mass is 32.2. The molecule has 1 aromatic carbocycles. The zero-order valence-electron chi connectivity index (χ0n) is 18.9. The van der Waals surface area contributed by atoms with Gasteiger partial charge >= 0.3 is 0 Å². The van der Waals surface area contributed by atoms with Gasteiger partial charge in [0.05, 0.1) is 8.07 Å². The number of phenolic OH excluding ortho intramolecular Hbond substituents is 1. The van der Waals surface area contributed by atoms with Crippen LogP contribution >= 0.6 is 23.5 Å². The fraction of sp³-hybridized carbons (Fsp3) is 0.750. The summed E-state index contributed by atoms with van der Waals surface area (Å²) >= 11 is 4.57. The summed E-state index contributed by atoms with van der Waals surface area (Å²) in [4.78, 5) is 0. The van der Waals surface area contributed by atoms with Crippen molar-refractivity contribution in [2.45, 2.75) is 99.4 Å². The third kappa shape index (κ3) is 3.30. The van der Waals surface area contributed by atoms with Crippen molar-refractivity contribution in [2.24, 2.45) is 11.8 Å². The van der Waals surface area contributed by atoms with E-state index in [9.17, 15) is 5.11 Å². The molecule has 6 atom stereocenters. The normalized spacial score (nSPS) is 37.9. The molecule has 1 aromatic rings. The number of thioether (sulfide) groups is 2. The number of hydrogen-bond acceptors (Lipinski definition) is 3. The maximum atomic E-state index is 11.5. The van der Waals surface area contributed by atoms with Gasteiger partial charge in [0.1, 0.15) is 5.75 Å². The number of aromatic hydroxyl groups is 1. The molecule has 3 aliphatic rings. The van der Waals surface area contributed by atoms with Crippen molar-refractivity contribution in [2.75, 3.05) is 0 Å². The van der Waals surface area contributed by atoms with E-state index in [0.29, 0.717) is 5.75 Å². The van der Waals surface area contributed by atoms with Crippen molar-refractivity contribution in [1.82, 2.24) is 0 Å². The second-order valence-electron chi connectivity index (χ2n) is 11.3. The fourth-order valence-corrected chi connectivity index (χ4v) is 16.4. The smallest absolute Gasteiger partial charge is 0.118 e. The van der Waals surface area contributed by atoms with Crippen LogP contribution in [0, 0.1) is 18.8 Å². The van der Waals surface area contributed by atoms with Gasteiger partial charge in [-0.25, -0.2) is 0 Å². The molecule has 4 rings (SSSR count). The van der Waals surface area contributed by atoms with Gasteiger partial charge in [0, 0.05) is 21.0 Å². The quantitative estimate of drug-likeness (QED) is 0.550. The van der Waals surface area contributed by atoms with Gasteiger partial charge in [-0.15, -0.1) is 0 Å². The largest absolute Gasteiger partial charge is 0.508 e. The van der Waals surface area contributed by atoms with Crippen molar-refractivity contribution >= 4 is 36.8 Å². The monoisotopic (exact) mass is 434 g/mol. The van der Waals surface area contributed by atoms with E-state index in [1.54, 1.807) is 0 Å². The van der Waals surface area contributed by atoms with Crippen molar-refractivity contribution in [3.8, 4) is 5.75 Å². The summed E-state index contributed by atoms with van der Waals surface area (Å²) in [6.07, 6.45) is 2.83. The number of hydrogen-bond donors (Lipinski definition) is 1. The number of fused-ring (bicyclic) bond motifs is 3. The Morgan fingerprint density at radius 3 is 1.93 bits per heavy atom. The van der Waals surface area contributed by atoms with E-state index in [1.807, 2.05) is 0 Å². The predicted octanol–water partition coefficient (Wildman–Crippen LogP) is 6.32. The lowest BCUT2D eigenvalue weighted by Crippen LogP contribution is -2.51. The molecule has 3 fully saturated rings. The van der Waals surface area contributed by atoms with E-state index in [1.165, 1.54) is 23.6 Å². The van der Waals surface area contributed by atoms with Crippen LogP contribution in [0.25, 0.3) is 0 Å². The van der Waals surface area contributed by atoms with Gasteiger partial charge in [0.2, 0.25) is 0 Å². The van der Waals surface area contributed by atoms with Crippen molar-refractivity contribution in [1.29, 1.82) is 0 Å². The molecule has 0 bridgehead atoms. The summed E-state index contributed by atoms with van der Waals surface area (Å²) in [5.74, 6) is 2.43. The molecule has 2 aliphatic heterocycles. The van der Waals surface area contributed by atoms with E-state index in [4.69, 9.17) is 0 Å². The second-order valence-corrected chi connectivity index (χ2v) is 19.2. The first-order valence-corrected chi connectivity index (χ1v) is 16.0. The summed E-state index contributed by atoms with van der Waals surface area (Å²) in [5.41, 5.74) is 3.19. The van der Waals surface area contributed by atoms with Gasteiger partial charge in [-0.05, 0) is 53.3 Å². The molecule has 1 aliphatic carbocycles. The van der Waals surface area contributed by atoms with Crippen LogP contribution in [-0.4, -0.2) is 34.2 Å². The molecular weight excluding hydrogens is 396 g/mol. The Bertz CT molecular complexity index is 745. The number of aryl methyl sites for hydroxylation is 1. The molecule has 1 N–H and O–H groups in total. The van der Waals surface area contributed by atoms with E-state index in [2.05, 4.69) is 90.3 Å². The molecule has 6 unspecified atom stereocenters. The third-order valence-corrected chi connectivity index (χ3v) is 15.5. The Hall–Kier alpha value is -0.0631. The standard InChI is InChI=1S/C24H38OS2Si/c1-13-9-18(24(4,5)6)20(25)19(10-13)28(7,8)23-21-16(11-14(2)26-21)17-12-15(3)27-22(17)23/h9-10,14-17,21-23,25H,11-12H2,1-8H3. The fourth-order valence-electron chi connectivity index (χ4n) is 6.45. The zero-order valence-corrected chi connectivity index (χ0v) is 21.5. The van der Waals surface area contributed by atoms with Gasteiger partial charge < -0.3 is 5.11 Å². The Kier molecular flexibility index (Phi) is 5.28. The van der Waals surface area contributed by atoms with Crippen LogP contribution in [-0.2, 0) is 5.41 Å². The first-order chi connectivity index (χ1) is 12.9. The van der Waals surface area contributed by atoms with Crippen LogP contribution in [0.3, 0.4) is 0 Å². The first-order valence-electron chi connectivity index (χ1n) is 11.1. The summed E-state index contributed by atoms with van der Waals surface area (Å²) in [5, 5.41) is 16.0. The van der Waals surface area contributed by atoms with E-state index >= 15 is 0 Å². The lowest BCUT2D eigenvalue weighted by Gasteiger charge is -2.39. The van der Waals surface area contributed by atoms with Gasteiger partial charge in [-0.3, -0.25) is 0 Å². The molecule has 0 amide bonds. The predicted molar refractivity (Wildman–Crippen MR) is 130 cm³/mol. The summed E-state index contributed by atoms with van der Waals surface area (Å²) in [6.45, 7) is 18.9. The minimum atomic E-state index is -1.86. The lowest BCUT2D eigenvalue weighted by molar-refractivity contribution is 0.380. The van der Waals surface area contributed by atoms with Gasteiger partial charge in [-0.1, -0.05) is 65.4 Å². The summed E-state index contributed by atoms with van der Waals surface area (Å²) in [6, 6.07) is 4.55. The first kappa shape index (κ1) is 21.2. The van der Waals surface area contributed by atoms with Gasteiger partial charge in [-0.2, -0.15) is 23.5 Å². The average Bonchev–Trinajstić information content (AvgIpc) is 3.17. The third-order valence-electron chi connectivity index (χ3n) is 7.68. The maximum Gasteiger partial charge on any atom is 0.118 e. The summed E-state index contributed by atoms with van der Waals surface area (Å²) in [7, 11) is -1.86. The van der Waals surface area contributed by atoms with Crippen molar-refractivity contribution in [3.05, 3.63) is 23.3 Å². The minimum absolute atomic E-state index is 0.0245. The lowest BCUT2D eigenvalue weighted by atomic mass is 9.85. The molecule has 2 saturated heterocycles. The molecule has 2 heterocycles. The molecule has 1 nitrogen and oxygen atoms in total. The topological polar surface area (TPSA) is 20.2 Å². The van der Waals surface area contributed by atoms with Crippen LogP contribution in [0.15, 0.2) is 12.1 Å². The molecule has 0 aromatic heterocycles. The highest BCUT2D eigenvalue weighted by Gasteiger charge is 2.61. The Morgan fingerprint density at radius 1 is 0.964 bits per heavy atom. The molecule has 0 spiro atoms. The van der Waals surface area contributed by atoms with Crippen molar-refractivity contribution in [3.63, 3.8) is 0 Å². The van der Waals surface area contributed by atoms with Crippen LogP contribution in [0.2, 0.25) is 18.6 Å². The molecule has 28 heavy (non-hydrogen) atoms. The molecular formula is C24H38OS2Si. The van der Waals surface area contributed by atoms with Gasteiger partial charge in [0.15, 0.2) is 0 Å². The molecule has 156 valence electrons. The molecule has 4 heteroatoms. The second kappa shape index (κ2) is 6.98. The van der Waals surface area contributed by atoms with E-state index in [0.717, 1.165) is 43.9 Å². The minimum Gasteiger partial charge on any atom is -0.508 e. The van der Waals surface area contributed by atoms with Crippen LogP contribution < -0.4 is 5.19 Å². The Labute approximate surface area is 181 Å². The highest BCUT2D eigenvalue weighted by Crippen LogP contribution is 2.66. The van der Waals surface area contributed by atoms with Gasteiger partial charge in [0.25, 0.3) is 0 Å². The number of rotatable bonds is 2. The molecule has 0 radical (unpaired) electrons. The molecule has 1 saturated carbocycles. The van der Waals surface area contributed by atoms with Crippen LogP contribution in [0.1, 0.15) is 58.6 Å². The SMILES string of the molecule is Cc1cc(C(C)(C)C)c(O)c([Si](C)(C)C2C3SC(C)CC3C3CC(C)SC32)c1. The van der Waals surface area contributed by atoms with Crippen LogP contribution in [0.5, 0.6) is 5.75 Å². The number of phenols is 1. The van der Waals surface area contributed by atoms with Crippen LogP contribution in [0.4, 0.5) is 0 Å². The van der Waals surface area contributed by atoms with Crippen molar-refractivity contribution < 1.29 is 5.11 Å². The average molecular weight is 435 g/mol. The Balaban J connectivity index is 1.81.